The maximum Gasteiger partial charge on any atom is 0.416 e. The van der Waals surface area contributed by atoms with E-state index in [4.69, 9.17) is 0 Å². The fourth-order valence-corrected chi connectivity index (χ4v) is 2.28. The predicted octanol–water partition coefficient (Wildman–Crippen LogP) is 4.72. The van der Waals surface area contributed by atoms with Crippen LogP contribution in [0.3, 0.4) is 0 Å². The Labute approximate surface area is 129 Å². The Balaban J connectivity index is 1.89. The van der Waals surface area contributed by atoms with Gasteiger partial charge in [-0.25, -0.2) is 0 Å². The summed E-state index contributed by atoms with van der Waals surface area (Å²) in [6, 6.07) is 13.4. The van der Waals surface area contributed by atoms with Crippen molar-refractivity contribution in [3.63, 3.8) is 0 Å². The van der Waals surface area contributed by atoms with E-state index in [0.29, 0.717) is 22.2 Å². The average Bonchev–Trinajstić information content (AvgIpc) is 2.52. The first kappa shape index (κ1) is 15.1. The van der Waals surface area contributed by atoms with Crippen LogP contribution >= 0.6 is 0 Å². The van der Waals surface area contributed by atoms with E-state index in [1.165, 1.54) is 18.2 Å². The van der Waals surface area contributed by atoms with Gasteiger partial charge in [0.15, 0.2) is 5.43 Å². The van der Waals surface area contributed by atoms with Crippen molar-refractivity contribution in [2.45, 2.75) is 6.18 Å². The number of H-pyrrole nitrogens is 1. The number of benzene rings is 2. The summed E-state index contributed by atoms with van der Waals surface area (Å²) in [5.41, 5.74) is 1.13. The van der Waals surface area contributed by atoms with E-state index in [1.54, 1.807) is 30.4 Å². The number of aromatic amines is 1. The normalized spacial score (nSPS) is 12.1. The molecule has 5 heteroatoms. The number of nitrogens with one attached hydrogen (secondary N) is 1. The summed E-state index contributed by atoms with van der Waals surface area (Å²) in [6.45, 7) is 0. The lowest BCUT2D eigenvalue weighted by Crippen LogP contribution is -2.04. The third-order valence-corrected chi connectivity index (χ3v) is 3.45. The minimum absolute atomic E-state index is 0.105. The summed E-state index contributed by atoms with van der Waals surface area (Å²) in [6.07, 6.45) is -1.03. The number of halogens is 3. The van der Waals surface area contributed by atoms with E-state index >= 15 is 0 Å². The second-order valence-corrected chi connectivity index (χ2v) is 5.09. The molecule has 0 radical (unpaired) electrons. The Morgan fingerprint density at radius 3 is 2.30 bits per heavy atom. The molecule has 2 nitrogen and oxygen atoms in total. The molecule has 0 saturated carbocycles. The summed E-state index contributed by atoms with van der Waals surface area (Å²) in [5, 5.41) is 0.596. The van der Waals surface area contributed by atoms with Crippen LogP contribution in [-0.4, -0.2) is 4.98 Å². The minimum atomic E-state index is -4.34. The van der Waals surface area contributed by atoms with Gasteiger partial charge in [0.05, 0.1) is 5.56 Å². The third-order valence-electron chi connectivity index (χ3n) is 3.45. The molecule has 3 aromatic rings. The van der Waals surface area contributed by atoms with Gasteiger partial charge in [0.1, 0.15) is 0 Å². The molecular weight excluding hydrogens is 303 g/mol. The zero-order valence-corrected chi connectivity index (χ0v) is 11.9. The smallest absolute Gasteiger partial charge is 0.355 e. The summed E-state index contributed by atoms with van der Waals surface area (Å²) in [4.78, 5) is 15.1. The molecule has 0 spiro atoms. The van der Waals surface area contributed by atoms with Crippen molar-refractivity contribution in [2.24, 2.45) is 0 Å². The largest absolute Gasteiger partial charge is 0.416 e. The van der Waals surface area contributed by atoms with Crippen LogP contribution in [0, 0.1) is 0 Å². The third kappa shape index (κ3) is 3.34. The van der Waals surface area contributed by atoms with E-state index in [-0.39, 0.29) is 5.43 Å². The monoisotopic (exact) mass is 315 g/mol. The molecule has 2 aromatic carbocycles. The summed E-state index contributed by atoms with van der Waals surface area (Å²) in [7, 11) is 0. The molecular formula is C18H12F3NO. The van der Waals surface area contributed by atoms with Crippen LogP contribution in [0.1, 0.15) is 16.8 Å². The zero-order chi connectivity index (χ0) is 16.4. The van der Waals surface area contributed by atoms with Crippen LogP contribution in [-0.2, 0) is 6.18 Å². The van der Waals surface area contributed by atoms with E-state index in [0.717, 1.165) is 12.1 Å². The van der Waals surface area contributed by atoms with Gasteiger partial charge in [-0.2, -0.15) is 13.2 Å². The second-order valence-electron chi connectivity index (χ2n) is 5.09. The van der Waals surface area contributed by atoms with Crippen LogP contribution < -0.4 is 5.43 Å². The molecule has 0 amide bonds. The molecule has 0 aliphatic carbocycles. The molecule has 1 N–H and O–H groups in total. The molecule has 0 fully saturated rings. The average molecular weight is 315 g/mol. The highest BCUT2D eigenvalue weighted by Gasteiger charge is 2.29. The Morgan fingerprint density at radius 1 is 0.913 bits per heavy atom. The van der Waals surface area contributed by atoms with Gasteiger partial charge in [-0.3, -0.25) is 4.79 Å². The first-order chi connectivity index (χ1) is 10.9. The molecule has 1 heterocycles. The molecule has 0 saturated heterocycles. The number of hydrogen-bond acceptors (Lipinski definition) is 1. The number of pyridine rings is 1. The van der Waals surface area contributed by atoms with Gasteiger partial charge < -0.3 is 4.98 Å². The van der Waals surface area contributed by atoms with Gasteiger partial charge in [-0.15, -0.1) is 0 Å². The first-order valence-corrected chi connectivity index (χ1v) is 6.91. The predicted molar refractivity (Wildman–Crippen MR) is 84.9 cm³/mol. The van der Waals surface area contributed by atoms with Crippen LogP contribution in [0.2, 0.25) is 0 Å². The Bertz CT molecular complexity index is 921. The van der Waals surface area contributed by atoms with Crippen molar-refractivity contribution < 1.29 is 13.2 Å². The fourth-order valence-electron chi connectivity index (χ4n) is 2.28. The molecule has 1 aromatic heterocycles. The Hall–Kier alpha value is -2.82. The van der Waals surface area contributed by atoms with E-state index in [9.17, 15) is 18.0 Å². The van der Waals surface area contributed by atoms with Gasteiger partial charge >= 0.3 is 6.18 Å². The van der Waals surface area contributed by atoms with Crippen molar-refractivity contribution in [3.8, 4) is 0 Å². The van der Waals surface area contributed by atoms with Gasteiger partial charge in [0, 0.05) is 22.7 Å². The van der Waals surface area contributed by atoms with Crippen molar-refractivity contribution in [1.82, 2.24) is 4.98 Å². The highest BCUT2D eigenvalue weighted by atomic mass is 19.4. The highest BCUT2D eigenvalue weighted by molar-refractivity contribution is 5.80. The molecule has 0 atom stereocenters. The number of hydrogen-bond donors (Lipinski definition) is 1. The van der Waals surface area contributed by atoms with Gasteiger partial charge in [-0.05, 0) is 35.9 Å². The maximum absolute atomic E-state index is 12.5. The molecule has 3 rings (SSSR count). The molecule has 0 aliphatic rings. The Kier molecular flexibility index (Phi) is 3.78. The lowest BCUT2D eigenvalue weighted by molar-refractivity contribution is -0.137. The summed E-state index contributed by atoms with van der Waals surface area (Å²) in [5.74, 6) is 0. The SMILES string of the molecule is O=c1cc(/C=C/c2ccc(C(F)(F)F)cc2)[nH]c2ccccc12. The topological polar surface area (TPSA) is 32.9 Å². The van der Waals surface area contributed by atoms with Gasteiger partial charge in [0.25, 0.3) is 0 Å². The van der Waals surface area contributed by atoms with Gasteiger partial charge in [-0.1, -0.05) is 30.3 Å². The van der Waals surface area contributed by atoms with E-state index in [2.05, 4.69) is 4.98 Å². The summed E-state index contributed by atoms with van der Waals surface area (Å²) < 4.78 is 37.5. The van der Waals surface area contributed by atoms with E-state index in [1.807, 2.05) is 6.07 Å². The Morgan fingerprint density at radius 2 is 1.61 bits per heavy atom. The number of para-hydroxylation sites is 1. The number of fused-ring (bicyclic) bond motifs is 1. The molecule has 0 unspecified atom stereocenters. The quantitative estimate of drug-likeness (QED) is 0.729. The van der Waals surface area contributed by atoms with E-state index < -0.39 is 11.7 Å². The minimum Gasteiger partial charge on any atom is -0.355 e. The second kappa shape index (κ2) is 5.76. The van der Waals surface area contributed by atoms with Crippen molar-refractivity contribution >= 4 is 23.1 Å². The maximum atomic E-state index is 12.5. The standard InChI is InChI=1S/C18H12F3NO/c19-18(20,21)13-8-5-12(6-9-13)7-10-14-11-17(23)15-3-1-2-4-16(15)22-14/h1-11H,(H,22,23)/b10-7+. The highest BCUT2D eigenvalue weighted by Crippen LogP contribution is 2.29. The van der Waals surface area contributed by atoms with Crippen LogP contribution in [0.25, 0.3) is 23.1 Å². The summed E-state index contributed by atoms with van der Waals surface area (Å²) >= 11 is 0. The number of alkyl halides is 3. The number of aromatic nitrogens is 1. The lowest BCUT2D eigenvalue weighted by atomic mass is 10.1. The first-order valence-electron chi connectivity index (χ1n) is 6.91. The zero-order valence-electron chi connectivity index (χ0n) is 11.9. The van der Waals surface area contributed by atoms with Crippen molar-refractivity contribution in [1.29, 1.82) is 0 Å². The van der Waals surface area contributed by atoms with Crippen molar-refractivity contribution in [3.05, 3.63) is 81.6 Å². The van der Waals surface area contributed by atoms with Crippen molar-refractivity contribution in [2.75, 3.05) is 0 Å². The van der Waals surface area contributed by atoms with Crippen LogP contribution in [0.15, 0.2) is 59.4 Å². The lowest BCUT2D eigenvalue weighted by Gasteiger charge is -2.06. The molecule has 0 bridgehead atoms. The molecule has 0 aliphatic heterocycles. The molecule has 116 valence electrons. The van der Waals surface area contributed by atoms with Gasteiger partial charge in [0.2, 0.25) is 0 Å². The van der Waals surface area contributed by atoms with Crippen LogP contribution in [0.5, 0.6) is 0 Å². The number of rotatable bonds is 2. The van der Waals surface area contributed by atoms with Crippen LogP contribution in [0.4, 0.5) is 13.2 Å². The fraction of sp³-hybridized carbons (Fsp3) is 0.0556. The molecule has 23 heavy (non-hydrogen) atoms.